The van der Waals surface area contributed by atoms with E-state index in [0.29, 0.717) is 33.9 Å². The summed E-state index contributed by atoms with van der Waals surface area (Å²) in [6.45, 7) is 7.57. The van der Waals surface area contributed by atoms with E-state index >= 15 is 0 Å². The Kier molecular flexibility index (Phi) is 11.0. The molecule has 0 aliphatic carbocycles. The van der Waals surface area contributed by atoms with Crippen LogP contribution in [0.25, 0.3) is 11.4 Å². The summed E-state index contributed by atoms with van der Waals surface area (Å²) in [4.78, 5) is 8.47. The van der Waals surface area contributed by atoms with Crippen LogP contribution in [0.15, 0.2) is 107 Å². The van der Waals surface area contributed by atoms with Crippen LogP contribution in [-0.2, 0) is 17.4 Å². The average Bonchev–Trinajstić information content (AvgIpc) is 3.49. The summed E-state index contributed by atoms with van der Waals surface area (Å²) < 4.78 is 2.96. The van der Waals surface area contributed by atoms with Crippen molar-refractivity contribution in [1.29, 1.82) is 0 Å². The quantitative estimate of drug-likeness (QED) is 0.138. The zero-order valence-electron chi connectivity index (χ0n) is 26.3. The molecule has 2 aromatic heterocycles. The van der Waals surface area contributed by atoms with Gasteiger partial charge in [-0.15, -0.1) is 0 Å². The van der Waals surface area contributed by atoms with Crippen LogP contribution in [0.4, 0.5) is 11.4 Å². The number of aromatic nitrogens is 4. The van der Waals surface area contributed by atoms with E-state index in [1.165, 1.54) is 21.8 Å². The molecule has 0 bridgehead atoms. The molecule has 6 rings (SSSR count). The molecule has 0 saturated carbocycles. The van der Waals surface area contributed by atoms with Crippen LogP contribution in [0, 0.1) is 27.7 Å². The van der Waals surface area contributed by atoms with Gasteiger partial charge < -0.3 is 20.4 Å². The van der Waals surface area contributed by atoms with Gasteiger partial charge >= 0.3 is 0 Å². The molecule has 0 atom stereocenters. The number of phenols is 2. The van der Waals surface area contributed by atoms with E-state index in [-0.39, 0.29) is 40.6 Å². The fourth-order valence-corrected chi connectivity index (χ4v) is 4.65. The molecule has 0 unspecified atom stereocenters. The van der Waals surface area contributed by atoms with E-state index in [9.17, 15) is 20.4 Å². The second kappa shape index (κ2) is 15.1. The van der Waals surface area contributed by atoms with E-state index < -0.39 is 0 Å². The molecule has 2 heterocycles. The first-order valence-electron chi connectivity index (χ1n) is 14.5. The van der Waals surface area contributed by atoms with Crippen LogP contribution in [0.2, 0.25) is 0 Å². The van der Waals surface area contributed by atoms with Crippen molar-refractivity contribution >= 4 is 23.8 Å². The van der Waals surface area contributed by atoms with Crippen molar-refractivity contribution in [3.63, 3.8) is 0 Å². The zero-order chi connectivity index (χ0) is 32.8. The maximum atomic E-state index is 10.4. The van der Waals surface area contributed by atoms with Gasteiger partial charge in [-0.25, -0.2) is 9.36 Å². The van der Waals surface area contributed by atoms with E-state index in [0.717, 1.165) is 22.5 Å². The van der Waals surface area contributed by atoms with Crippen LogP contribution in [0.3, 0.4) is 0 Å². The van der Waals surface area contributed by atoms with Crippen LogP contribution >= 0.6 is 0 Å². The molecule has 4 aromatic carbocycles. The van der Waals surface area contributed by atoms with Crippen LogP contribution in [0.5, 0.6) is 23.3 Å². The van der Waals surface area contributed by atoms with Crippen LogP contribution < -0.4 is 0 Å². The van der Waals surface area contributed by atoms with Crippen molar-refractivity contribution in [2.45, 2.75) is 27.7 Å². The Hall–Kier alpha value is -5.63. The average molecular weight is 667 g/mol. The third-order valence-corrected chi connectivity index (χ3v) is 7.08. The molecular weight excluding hydrogens is 632 g/mol. The van der Waals surface area contributed by atoms with Gasteiger partial charge in [-0.3, -0.25) is 9.98 Å². The van der Waals surface area contributed by atoms with Crippen molar-refractivity contribution in [1.82, 2.24) is 19.6 Å². The van der Waals surface area contributed by atoms with Gasteiger partial charge in [0, 0.05) is 29.8 Å². The molecule has 0 amide bonds. The zero-order valence-corrected chi connectivity index (χ0v) is 27.5. The number of aromatic hydroxyl groups is 4. The molecule has 11 heteroatoms. The smallest absolute Gasteiger partial charge is 0.223 e. The van der Waals surface area contributed by atoms with E-state index in [4.69, 9.17) is 0 Å². The Morgan fingerprint density at radius 1 is 0.532 bits per heavy atom. The standard InChI is InChI=1S/2C18H17N3O2.Cr/c2*1-12-6-5-7-14(10-12)21-18(23)15(13(2)20-21)11-19-16-8-3-4-9-17(16)22;/h2*3-11,22-23H,1-2H3;. The van der Waals surface area contributed by atoms with Crippen molar-refractivity contribution in [3.05, 3.63) is 131 Å². The molecule has 47 heavy (non-hydrogen) atoms. The van der Waals surface area contributed by atoms with Gasteiger partial charge in [0.2, 0.25) is 11.8 Å². The Balaban J connectivity index is 0.000000208. The minimum Gasteiger partial charge on any atom is -0.506 e. The third kappa shape index (κ3) is 7.97. The van der Waals surface area contributed by atoms with Gasteiger partial charge in [-0.05, 0) is 87.4 Å². The van der Waals surface area contributed by atoms with Gasteiger partial charge in [0.15, 0.2) is 0 Å². The van der Waals surface area contributed by atoms with E-state index in [2.05, 4.69) is 20.2 Å². The number of aryl methyl sites for hydroxylation is 4. The fraction of sp³-hybridized carbons (Fsp3) is 0.111. The Bertz CT molecular complexity index is 1920. The summed E-state index contributed by atoms with van der Waals surface area (Å²) in [6.07, 6.45) is 3.03. The van der Waals surface area contributed by atoms with Crippen molar-refractivity contribution in [3.8, 4) is 34.6 Å². The van der Waals surface area contributed by atoms with Crippen molar-refractivity contribution < 1.29 is 37.8 Å². The molecule has 6 aromatic rings. The summed E-state index contributed by atoms with van der Waals surface area (Å²) in [7, 11) is 0. The molecule has 0 fully saturated rings. The number of benzene rings is 4. The molecular formula is C36H34CrN6O4. The minimum atomic E-state index is 0. The number of phenolic OH excluding ortho intramolecular Hbond substituents is 2. The number of aliphatic imine (C=N–C) groups is 2. The predicted octanol–water partition coefficient (Wildman–Crippen LogP) is 7.30. The van der Waals surface area contributed by atoms with Gasteiger partial charge in [-0.2, -0.15) is 10.2 Å². The molecule has 10 nitrogen and oxygen atoms in total. The second-order valence-electron chi connectivity index (χ2n) is 10.6. The second-order valence-corrected chi connectivity index (χ2v) is 10.6. The number of rotatable bonds is 6. The van der Waals surface area contributed by atoms with Gasteiger partial charge in [0.25, 0.3) is 0 Å². The number of nitrogens with zero attached hydrogens (tertiary/aromatic N) is 6. The van der Waals surface area contributed by atoms with Crippen molar-refractivity contribution in [2.24, 2.45) is 9.98 Å². The topological polar surface area (TPSA) is 141 Å². The molecule has 0 aliphatic heterocycles. The number of hydrogen-bond donors (Lipinski definition) is 4. The van der Waals surface area contributed by atoms with Crippen molar-refractivity contribution in [2.75, 3.05) is 0 Å². The first-order chi connectivity index (χ1) is 22.1. The third-order valence-electron chi connectivity index (χ3n) is 7.08. The molecule has 0 radical (unpaired) electrons. The fourth-order valence-electron chi connectivity index (χ4n) is 4.65. The SMILES string of the molecule is Cc1cccc(-n2nc(C)c(C=Nc3ccccc3O)c2O)c1.Cc1cccc(-n2nc(C)c(C=Nc3ccccc3O)c2O)c1.[Cr]. The summed E-state index contributed by atoms with van der Waals surface area (Å²) in [5.74, 6) is 0.221. The first kappa shape index (κ1) is 34.2. The monoisotopic (exact) mass is 666 g/mol. The Labute approximate surface area is 283 Å². The summed E-state index contributed by atoms with van der Waals surface area (Å²) in [5, 5.41) is 49.1. The predicted molar refractivity (Wildman–Crippen MR) is 180 cm³/mol. The van der Waals surface area contributed by atoms with E-state index in [1.54, 1.807) is 62.4 Å². The van der Waals surface area contributed by atoms with E-state index in [1.807, 2.05) is 62.4 Å². The largest absolute Gasteiger partial charge is 0.506 e. The molecule has 4 N–H and O–H groups in total. The van der Waals surface area contributed by atoms with Crippen LogP contribution in [-0.4, -0.2) is 52.4 Å². The molecule has 0 aliphatic rings. The molecule has 0 saturated heterocycles. The number of para-hydroxylation sites is 4. The van der Waals surface area contributed by atoms with Gasteiger partial charge in [0.05, 0.1) is 33.9 Å². The molecule has 238 valence electrons. The maximum Gasteiger partial charge on any atom is 0.223 e. The summed E-state index contributed by atoms with van der Waals surface area (Å²) in [5.41, 5.74) is 6.97. The number of hydrogen-bond acceptors (Lipinski definition) is 8. The molecule has 0 spiro atoms. The summed E-state index contributed by atoms with van der Waals surface area (Å²) >= 11 is 0. The minimum absolute atomic E-state index is 0. The maximum absolute atomic E-state index is 10.4. The van der Waals surface area contributed by atoms with Gasteiger partial charge in [0.1, 0.15) is 22.9 Å². The summed E-state index contributed by atoms with van der Waals surface area (Å²) in [6, 6.07) is 29.0. The van der Waals surface area contributed by atoms with Crippen LogP contribution in [0.1, 0.15) is 33.6 Å². The van der Waals surface area contributed by atoms with Gasteiger partial charge in [-0.1, -0.05) is 48.5 Å². The Morgan fingerprint density at radius 3 is 1.28 bits per heavy atom. The normalized spacial score (nSPS) is 11.0. The Morgan fingerprint density at radius 2 is 0.915 bits per heavy atom. The first-order valence-corrected chi connectivity index (χ1v) is 14.5.